The number of likely N-dealkylation sites (tertiary alicyclic amines) is 2. The second kappa shape index (κ2) is 9.14. The Hall–Kier alpha value is -1.92. The molecule has 6 heteroatoms. The normalized spacial score (nSPS) is 22.8. The summed E-state index contributed by atoms with van der Waals surface area (Å²) in [6.45, 7) is 5.04. The fourth-order valence-electron chi connectivity index (χ4n) is 4.15. The first-order chi connectivity index (χ1) is 12.6. The zero-order valence-electron chi connectivity index (χ0n) is 15.4. The summed E-state index contributed by atoms with van der Waals surface area (Å²) in [5, 5.41) is 2.66. The van der Waals surface area contributed by atoms with Crippen LogP contribution in [0.4, 0.5) is 0 Å². The number of carbonyl (C=O) groups is 2. The van der Waals surface area contributed by atoms with Gasteiger partial charge in [-0.25, -0.2) is 0 Å². The molecule has 1 aromatic rings. The number of primary amides is 1. The first-order valence-corrected chi connectivity index (χ1v) is 9.68. The van der Waals surface area contributed by atoms with E-state index in [1.165, 1.54) is 5.56 Å². The quantitative estimate of drug-likeness (QED) is 0.794. The Balaban J connectivity index is 1.45. The van der Waals surface area contributed by atoms with Gasteiger partial charge in [0.25, 0.3) is 0 Å². The van der Waals surface area contributed by atoms with Crippen LogP contribution in [-0.2, 0) is 16.1 Å². The lowest BCUT2D eigenvalue weighted by molar-refractivity contribution is -0.129. The van der Waals surface area contributed by atoms with E-state index in [9.17, 15) is 9.59 Å². The van der Waals surface area contributed by atoms with Crippen LogP contribution in [0.15, 0.2) is 30.3 Å². The van der Waals surface area contributed by atoms with Gasteiger partial charge < -0.3 is 11.1 Å². The molecule has 26 heavy (non-hydrogen) atoms. The number of nitrogens with two attached hydrogens (primary N) is 1. The summed E-state index contributed by atoms with van der Waals surface area (Å²) in [7, 11) is 0. The first-order valence-electron chi connectivity index (χ1n) is 9.68. The molecule has 142 valence electrons. The Bertz CT molecular complexity index is 599. The van der Waals surface area contributed by atoms with Crippen LogP contribution in [-0.4, -0.2) is 60.4 Å². The van der Waals surface area contributed by atoms with Gasteiger partial charge in [0.1, 0.15) is 0 Å². The molecule has 1 aromatic carbocycles. The molecule has 0 radical (unpaired) electrons. The van der Waals surface area contributed by atoms with Crippen molar-refractivity contribution in [1.29, 1.82) is 0 Å². The van der Waals surface area contributed by atoms with Crippen molar-refractivity contribution in [1.82, 2.24) is 15.1 Å². The number of hydrogen-bond donors (Lipinski definition) is 2. The van der Waals surface area contributed by atoms with Crippen LogP contribution in [0.3, 0.4) is 0 Å². The van der Waals surface area contributed by atoms with Gasteiger partial charge in [0.05, 0.1) is 12.5 Å². The van der Waals surface area contributed by atoms with E-state index in [1.54, 1.807) is 0 Å². The van der Waals surface area contributed by atoms with Gasteiger partial charge in [-0.2, -0.15) is 0 Å². The molecule has 0 aliphatic carbocycles. The Labute approximate surface area is 155 Å². The number of rotatable bonds is 6. The topological polar surface area (TPSA) is 78.7 Å². The van der Waals surface area contributed by atoms with Crippen molar-refractivity contribution in [2.75, 3.05) is 32.7 Å². The molecule has 0 unspecified atom stereocenters. The summed E-state index contributed by atoms with van der Waals surface area (Å²) in [6, 6.07) is 11.2. The van der Waals surface area contributed by atoms with Crippen LogP contribution in [0.2, 0.25) is 0 Å². The van der Waals surface area contributed by atoms with Crippen LogP contribution < -0.4 is 11.1 Å². The van der Waals surface area contributed by atoms with Crippen LogP contribution in [0.5, 0.6) is 0 Å². The maximum absolute atomic E-state index is 12.2. The fraction of sp³-hybridized carbons (Fsp3) is 0.600. The van der Waals surface area contributed by atoms with E-state index in [2.05, 4.69) is 45.4 Å². The molecule has 2 fully saturated rings. The predicted octanol–water partition coefficient (Wildman–Crippen LogP) is 0.964. The van der Waals surface area contributed by atoms with Crippen molar-refractivity contribution < 1.29 is 9.59 Å². The van der Waals surface area contributed by atoms with E-state index in [1.807, 2.05) is 0 Å². The minimum Gasteiger partial charge on any atom is -0.368 e. The number of nitrogens with one attached hydrogen (secondary N) is 1. The number of piperidine rings is 2. The van der Waals surface area contributed by atoms with Crippen LogP contribution in [0, 0.1) is 5.92 Å². The van der Waals surface area contributed by atoms with Crippen molar-refractivity contribution in [3.05, 3.63) is 35.9 Å². The highest BCUT2D eigenvalue weighted by Crippen LogP contribution is 2.24. The van der Waals surface area contributed by atoms with Gasteiger partial charge in [-0.15, -0.1) is 0 Å². The number of benzene rings is 1. The minimum atomic E-state index is -0.489. The van der Waals surface area contributed by atoms with Crippen LogP contribution in [0.25, 0.3) is 0 Å². The molecular weight excluding hydrogens is 328 g/mol. The lowest BCUT2D eigenvalue weighted by atomic mass is 9.93. The van der Waals surface area contributed by atoms with Gasteiger partial charge >= 0.3 is 0 Å². The molecule has 2 aliphatic heterocycles. The predicted molar refractivity (Wildman–Crippen MR) is 101 cm³/mol. The van der Waals surface area contributed by atoms with E-state index >= 15 is 0 Å². The van der Waals surface area contributed by atoms with E-state index < -0.39 is 5.91 Å². The Kier molecular flexibility index (Phi) is 6.63. The molecule has 2 heterocycles. The molecule has 6 nitrogen and oxygen atoms in total. The maximum atomic E-state index is 12.2. The molecule has 2 saturated heterocycles. The second-order valence-corrected chi connectivity index (χ2v) is 7.51. The number of hydrogen-bond acceptors (Lipinski definition) is 4. The average Bonchev–Trinajstić information content (AvgIpc) is 2.67. The molecule has 3 rings (SSSR count). The summed E-state index contributed by atoms with van der Waals surface area (Å²) in [4.78, 5) is 28.1. The summed E-state index contributed by atoms with van der Waals surface area (Å²) < 4.78 is 0. The van der Waals surface area contributed by atoms with Crippen molar-refractivity contribution >= 4 is 11.8 Å². The highest BCUT2D eigenvalue weighted by Gasteiger charge is 2.31. The van der Waals surface area contributed by atoms with Crippen molar-refractivity contribution in [3.8, 4) is 0 Å². The smallest absolute Gasteiger partial charge is 0.236 e. The van der Waals surface area contributed by atoms with E-state index in [0.29, 0.717) is 6.04 Å². The standard InChI is InChI=1S/C20H30N4O2/c21-19(25)13-22-20(26)17-7-4-10-24(15-17)18-8-11-23(12-9-18)14-16-5-2-1-3-6-16/h1-3,5-6,17-18H,4,7-15H2,(H2,21,25)(H,22,26)/t17-/m1/s1. The molecular formula is C20H30N4O2. The molecule has 0 aromatic heterocycles. The van der Waals surface area contributed by atoms with Crippen molar-refractivity contribution in [3.63, 3.8) is 0 Å². The highest BCUT2D eigenvalue weighted by atomic mass is 16.2. The minimum absolute atomic E-state index is 0.0227. The van der Waals surface area contributed by atoms with Gasteiger partial charge in [-0.1, -0.05) is 30.3 Å². The summed E-state index contributed by atoms with van der Waals surface area (Å²) >= 11 is 0. The fourth-order valence-corrected chi connectivity index (χ4v) is 4.15. The Morgan fingerprint density at radius 2 is 1.81 bits per heavy atom. The van der Waals surface area contributed by atoms with Gasteiger partial charge in [-0.05, 0) is 50.9 Å². The van der Waals surface area contributed by atoms with Gasteiger partial charge in [0.2, 0.25) is 11.8 Å². The molecule has 2 amide bonds. The average molecular weight is 358 g/mol. The maximum Gasteiger partial charge on any atom is 0.236 e. The summed E-state index contributed by atoms with van der Waals surface area (Å²) in [6.07, 6.45) is 4.25. The Morgan fingerprint density at radius 1 is 1.08 bits per heavy atom. The zero-order chi connectivity index (χ0) is 18.4. The number of nitrogens with zero attached hydrogens (tertiary/aromatic N) is 2. The van der Waals surface area contributed by atoms with Crippen LogP contribution in [0.1, 0.15) is 31.2 Å². The first kappa shape index (κ1) is 18.9. The largest absolute Gasteiger partial charge is 0.368 e. The molecule has 0 spiro atoms. The molecule has 1 atom stereocenters. The molecule has 0 saturated carbocycles. The third kappa shape index (κ3) is 5.29. The van der Waals surface area contributed by atoms with Gasteiger partial charge in [0, 0.05) is 19.1 Å². The highest BCUT2D eigenvalue weighted by molar-refractivity contribution is 5.85. The summed E-state index contributed by atoms with van der Waals surface area (Å²) in [5.41, 5.74) is 6.48. The van der Waals surface area contributed by atoms with E-state index in [0.717, 1.165) is 58.4 Å². The van der Waals surface area contributed by atoms with Crippen molar-refractivity contribution in [2.24, 2.45) is 11.7 Å². The monoisotopic (exact) mass is 358 g/mol. The molecule has 0 bridgehead atoms. The summed E-state index contributed by atoms with van der Waals surface area (Å²) in [5.74, 6) is -0.544. The third-order valence-corrected chi connectivity index (χ3v) is 5.58. The lowest BCUT2D eigenvalue weighted by Gasteiger charge is -2.42. The molecule has 2 aliphatic rings. The third-order valence-electron chi connectivity index (χ3n) is 5.58. The lowest BCUT2D eigenvalue weighted by Crippen LogP contribution is -2.51. The van der Waals surface area contributed by atoms with Gasteiger partial charge in [0.15, 0.2) is 0 Å². The number of carbonyl (C=O) groups excluding carboxylic acids is 2. The Morgan fingerprint density at radius 3 is 2.50 bits per heavy atom. The second-order valence-electron chi connectivity index (χ2n) is 7.51. The SMILES string of the molecule is NC(=O)CNC(=O)[C@@H]1CCCN(C2CCN(Cc3ccccc3)CC2)C1. The van der Waals surface area contributed by atoms with Gasteiger partial charge in [-0.3, -0.25) is 19.4 Å². The van der Waals surface area contributed by atoms with E-state index in [-0.39, 0.29) is 18.4 Å². The molecule has 3 N–H and O–H groups in total. The number of amides is 2. The van der Waals surface area contributed by atoms with Crippen molar-refractivity contribution in [2.45, 2.75) is 38.3 Å². The van der Waals surface area contributed by atoms with E-state index in [4.69, 9.17) is 5.73 Å². The van der Waals surface area contributed by atoms with Crippen LogP contribution >= 0.6 is 0 Å². The zero-order valence-corrected chi connectivity index (χ0v) is 15.4.